The lowest BCUT2D eigenvalue weighted by Gasteiger charge is -2.39. The van der Waals surface area contributed by atoms with Crippen LogP contribution >= 0.6 is 0 Å². The smallest absolute Gasteiger partial charge is 0.229 e. The normalized spacial score (nSPS) is 35.1. The van der Waals surface area contributed by atoms with E-state index in [-0.39, 0.29) is 5.75 Å². The molecule has 1 aliphatic rings. The van der Waals surface area contributed by atoms with Gasteiger partial charge < -0.3 is 35.0 Å². The Bertz CT molecular complexity index is 405. The summed E-state index contributed by atoms with van der Waals surface area (Å²) in [5, 5.41) is 47.1. The van der Waals surface area contributed by atoms with Crippen molar-refractivity contribution in [2.45, 2.75) is 30.7 Å². The quantitative estimate of drug-likeness (QED) is 0.457. The molecule has 0 radical (unpaired) electrons. The third-order valence-corrected chi connectivity index (χ3v) is 2.94. The van der Waals surface area contributed by atoms with Crippen LogP contribution in [-0.2, 0) is 4.74 Å². The Labute approximate surface area is 109 Å². The molecule has 1 aromatic carbocycles. The molecule has 7 nitrogen and oxygen atoms in total. The molecule has 5 N–H and O–H groups in total. The van der Waals surface area contributed by atoms with Crippen LogP contribution in [0.2, 0.25) is 0 Å². The Kier molecular flexibility index (Phi) is 4.23. The van der Waals surface area contributed by atoms with E-state index < -0.39 is 37.3 Å². The summed E-state index contributed by atoms with van der Waals surface area (Å²) in [4.78, 5) is 0. The number of aliphatic hydroxyl groups is 4. The largest absolute Gasteiger partial charge is 0.508 e. The second-order valence-electron chi connectivity index (χ2n) is 4.31. The van der Waals surface area contributed by atoms with Gasteiger partial charge in [0.25, 0.3) is 0 Å². The number of hydrogen-bond donors (Lipinski definition) is 5. The minimum absolute atomic E-state index is 0.0566. The summed E-state index contributed by atoms with van der Waals surface area (Å²) in [7, 11) is 0. The minimum Gasteiger partial charge on any atom is -0.508 e. The number of rotatable bonds is 3. The molecule has 0 aliphatic carbocycles. The number of hydrogen-bond acceptors (Lipinski definition) is 7. The summed E-state index contributed by atoms with van der Waals surface area (Å²) in [6.45, 7) is -0.514. The third-order valence-electron chi connectivity index (χ3n) is 2.94. The van der Waals surface area contributed by atoms with Gasteiger partial charge in [0.15, 0.2) is 0 Å². The fourth-order valence-corrected chi connectivity index (χ4v) is 1.82. The molecule has 5 atom stereocenters. The average molecular weight is 272 g/mol. The van der Waals surface area contributed by atoms with Crippen LogP contribution in [0.5, 0.6) is 11.5 Å². The van der Waals surface area contributed by atoms with E-state index >= 15 is 0 Å². The van der Waals surface area contributed by atoms with E-state index in [2.05, 4.69) is 0 Å². The lowest BCUT2D eigenvalue weighted by atomic mass is 9.99. The Morgan fingerprint density at radius 1 is 1.00 bits per heavy atom. The molecule has 106 valence electrons. The van der Waals surface area contributed by atoms with Crippen LogP contribution in [0.3, 0.4) is 0 Å². The van der Waals surface area contributed by atoms with Gasteiger partial charge in [0.2, 0.25) is 6.29 Å². The zero-order valence-corrected chi connectivity index (χ0v) is 9.96. The van der Waals surface area contributed by atoms with Crippen molar-refractivity contribution in [3.8, 4) is 11.5 Å². The molecule has 2 unspecified atom stereocenters. The van der Waals surface area contributed by atoms with Crippen molar-refractivity contribution < 1.29 is 35.0 Å². The average Bonchev–Trinajstić information content (AvgIpc) is 2.42. The van der Waals surface area contributed by atoms with Gasteiger partial charge in [-0.1, -0.05) is 0 Å². The second-order valence-corrected chi connectivity index (χ2v) is 4.31. The Hall–Kier alpha value is -1.38. The monoisotopic (exact) mass is 272 g/mol. The Balaban J connectivity index is 2.08. The molecule has 0 aromatic heterocycles. The highest BCUT2D eigenvalue weighted by atomic mass is 16.7. The predicted molar refractivity (Wildman–Crippen MR) is 62.5 cm³/mol. The summed E-state index contributed by atoms with van der Waals surface area (Å²) in [6.07, 6.45) is -6.58. The molecule has 7 heteroatoms. The molecular formula is C12H16O7. The van der Waals surface area contributed by atoms with Crippen molar-refractivity contribution >= 4 is 0 Å². The molecular weight excluding hydrogens is 256 g/mol. The van der Waals surface area contributed by atoms with Crippen LogP contribution in [0.25, 0.3) is 0 Å². The van der Waals surface area contributed by atoms with E-state index in [9.17, 15) is 15.3 Å². The number of ether oxygens (including phenoxy) is 2. The van der Waals surface area contributed by atoms with Gasteiger partial charge in [-0.05, 0) is 24.3 Å². The van der Waals surface area contributed by atoms with Crippen molar-refractivity contribution in [2.75, 3.05) is 6.61 Å². The van der Waals surface area contributed by atoms with Gasteiger partial charge in [-0.15, -0.1) is 0 Å². The van der Waals surface area contributed by atoms with Crippen molar-refractivity contribution in [2.24, 2.45) is 0 Å². The Morgan fingerprint density at radius 3 is 2.21 bits per heavy atom. The standard InChI is InChI=1S/C12H16O7/c13-5-8-9(15)10(16)11(17)12(19-8)18-7-3-1-6(14)2-4-7/h1-4,8-17H,5H2/t8?,9-,10+,11?,12-/m1/s1. The number of aromatic hydroxyl groups is 1. The van der Waals surface area contributed by atoms with Crippen LogP contribution in [0.15, 0.2) is 24.3 Å². The SMILES string of the molecule is OCC1O[C@@H](Oc2ccc(O)cc2)C(O)[C@@H](O)[C@@H]1O. The summed E-state index contributed by atoms with van der Waals surface area (Å²) < 4.78 is 10.5. The first-order valence-corrected chi connectivity index (χ1v) is 5.79. The Morgan fingerprint density at radius 2 is 1.63 bits per heavy atom. The van der Waals surface area contributed by atoms with Crippen molar-refractivity contribution in [1.82, 2.24) is 0 Å². The van der Waals surface area contributed by atoms with Crippen LogP contribution in [0.1, 0.15) is 0 Å². The van der Waals surface area contributed by atoms with E-state index in [0.29, 0.717) is 5.75 Å². The highest BCUT2D eigenvalue weighted by Gasteiger charge is 2.44. The van der Waals surface area contributed by atoms with Gasteiger partial charge in [0.1, 0.15) is 35.9 Å². The molecule has 0 bridgehead atoms. The predicted octanol–water partition coefficient (Wildman–Crippen LogP) is -1.43. The summed E-state index contributed by atoms with van der Waals surface area (Å²) in [6, 6.07) is 5.69. The molecule has 2 rings (SSSR count). The molecule has 1 aliphatic heterocycles. The number of benzene rings is 1. The van der Waals surface area contributed by atoms with Crippen molar-refractivity contribution in [3.05, 3.63) is 24.3 Å². The van der Waals surface area contributed by atoms with Crippen molar-refractivity contribution in [3.63, 3.8) is 0 Å². The molecule has 19 heavy (non-hydrogen) atoms. The number of aliphatic hydroxyl groups excluding tert-OH is 4. The molecule has 0 amide bonds. The number of phenols is 1. The first-order valence-electron chi connectivity index (χ1n) is 5.79. The van der Waals surface area contributed by atoms with Gasteiger partial charge in [-0.3, -0.25) is 0 Å². The lowest BCUT2D eigenvalue weighted by molar-refractivity contribution is -0.277. The highest BCUT2D eigenvalue weighted by Crippen LogP contribution is 2.25. The third kappa shape index (κ3) is 2.96. The maximum atomic E-state index is 9.75. The minimum atomic E-state index is -1.48. The topological polar surface area (TPSA) is 120 Å². The van der Waals surface area contributed by atoms with E-state index in [1.165, 1.54) is 24.3 Å². The van der Waals surface area contributed by atoms with Gasteiger partial charge >= 0.3 is 0 Å². The maximum Gasteiger partial charge on any atom is 0.229 e. The first-order chi connectivity index (χ1) is 9.02. The van der Waals surface area contributed by atoms with Gasteiger partial charge in [-0.2, -0.15) is 0 Å². The van der Waals surface area contributed by atoms with Gasteiger partial charge in [-0.25, -0.2) is 0 Å². The fourth-order valence-electron chi connectivity index (χ4n) is 1.82. The van der Waals surface area contributed by atoms with E-state index in [4.69, 9.17) is 19.7 Å². The van der Waals surface area contributed by atoms with E-state index in [1.807, 2.05) is 0 Å². The maximum absolute atomic E-state index is 9.75. The molecule has 0 saturated carbocycles. The molecule has 1 aromatic rings. The fraction of sp³-hybridized carbons (Fsp3) is 0.500. The van der Waals surface area contributed by atoms with Crippen LogP contribution in [0.4, 0.5) is 0 Å². The van der Waals surface area contributed by atoms with Crippen molar-refractivity contribution in [1.29, 1.82) is 0 Å². The summed E-state index contributed by atoms with van der Waals surface area (Å²) in [5.74, 6) is 0.364. The van der Waals surface area contributed by atoms with Crippen LogP contribution in [0, 0.1) is 0 Å². The van der Waals surface area contributed by atoms with E-state index in [0.717, 1.165) is 0 Å². The molecule has 0 spiro atoms. The highest BCUT2D eigenvalue weighted by molar-refractivity contribution is 5.30. The van der Waals surface area contributed by atoms with Crippen LogP contribution in [-0.4, -0.2) is 62.8 Å². The zero-order chi connectivity index (χ0) is 14.0. The lowest BCUT2D eigenvalue weighted by Crippen LogP contribution is -2.60. The van der Waals surface area contributed by atoms with Gasteiger partial charge in [0, 0.05) is 0 Å². The van der Waals surface area contributed by atoms with Crippen LogP contribution < -0.4 is 4.74 Å². The summed E-state index contributed by atoms with van der Waals surface area (Å²) in [5.41, 5.74) is 0. The second kappa shape index (κ2) is 5.72. The van der Waals surface area contributed by atoms with Gasteiger partial charge in [0.05, 0.1) is 6.61 Å². The zero-order valence-electron chi connectivity index (χ0n) is 9.96. The number of phenolic OH excluding ortho intramolecular Hbond substituents is 1. The van der Waals surface area contributed by atoms with E-state index in [1.54, 1.807) is 0 Å². The molecule has 1 heterocycles. The molecule has 1 saturated heterocycles. The first kappa shape index (κ1) is 14.0. The molecule has 1 fully saturated rings. The summed E-state index contributed by atoms with van der Waals surface area (Å²) >= 11 is 0.